The van der Waals surface area contributed by atoms with Crippen LogP contribution >= 0.6 is 0 Å². The van der Waals surface area contributed by atoms with Crippen molar-refractivity contribution in [2.24, 2.45) is 40.4 Å². The second kappa shape index (κ2) is 12.5. The third-order valence-corrected chi connectivity index (χ3v) is 15.1. The molecule has 6 aliphatic rings. The van der Waals surface area contributed by atoms with Crippen molar-refractivity contribution in [3.63, 3.8) is 0 Å². The first-order valence-electron chi connectivity index (χ1n) is 19.2. The van der Waals surface area contributed by atoms with Gasteiger partial charge in [-0.3, -0.25) is 19.3 Å². The number of piperazine rings is 1. The van der Waals surface area contributed by atoms with Crippen LogP contribution in [-0.2, 0) is 4.79 Å². The molecule has 2 amide bonds. The van der Waals surface area contributed by atoms with Gasteiger partial charge in [0.1, 0.15) is 11.6 Å². The molecule has 2 aromatic rings. The van der Waals surface area contributed by atoms with Gasteiger partial charge in [0, 0.05) is 44.8 Å². The number of benzene rings is 1. The first-order chi connectivity index (χ1) is 23.5. The number of likely N-dealkylation sites (tertiary alicyclic amines) is 1. The quantitative estimate of drug-likeness (QED) is 0.474. The molecule has 9 nitrogen and oxygen atoms in total. The van der Waals surface area contributed by atoms with Gasteiger partial charge in [-0.2, -0.15) is 0 Å². The van der Waals surface area contributed by atoms with Gasteiger partial charge in [-0.1, -0.05) is 26.0 Å². The average molecular weight is 674 g/mol. The van der Waals surface area contributed by atoms with Crippen molar-refractivity contribution in [3.05, 3.63) is 46.3 Å². The molecule has 0 spiro atoms. The molecule has 49 heavy (non-hydrogen) atoms. The van der Waals surface area contributed by atoms with Crippen molar-refractivity contribution in [1.29, 1.82) is 0 Å². The monoisotopic (exact) mass is 673 g/mol. The molecule has 9 heteroatoms. The van der Waals surface area contributed by atoms with Gasteiger partial charge in [-0.15, -0.1) is 0 Å². The number of carbonyl (C=O) groups is 2. The first-order valence-corrected chi connectivity index (χ1v) is 19.2. The molecule has 2 saturated heterocycles. The number of para-hydroxylation sites is 1. The Balaban J connectivity index is 0.925. The highest BCUT2D eigenvalue weighted by Crippen LogP contribution is 2.68. The predicted octanol–water partition coefficient (Wildman–Crippen LogP) is 4.92. The highest BCUT2D eigenvalue weighted by Gasteiger charge is 2.62. The SMILES string of the molecule is C[C@@H](O)[C@H]1CC[C@H]2[C@@H]3CC[C@H]4C[C@H](O)[C@@H](N5CCN(C(=O)[C@H]6CCCN6C(=O)c6cc(=O)c7ccccc7o6)CC5)C[C@]4(C)[C@H]3CC[C@]12C. The summed E-state index contributed by atoms with van der Waals surface area (Å²) >= 11 is 0. The minimum Gasteiger partial charge on any atom is -0.451 e. The molecule has 0 radical (unpaired) electrons. The molecule has 8 rings (SSSR count). The maximum atomic E-state index is 13.9. The zero-order chi connectivity index (χ0) is 34.2. The van der Waals surface area contributed by atoms with E-state index in [4.69, 9.17) is 4.42 Å². The first kappa shape index (κ1) is 33.4. The van der Waals surface area contributed by atoms with Gasteiger partial charge in [-0.25, -0.2) is 0 Å². The van der Waals surface area contributed by atoms with Crippen LogP contribution in [0.25, 0.3) is 11.0 Å². The van der Waals surface area contributed by atoms with Crippen molar-refractivity contribution in [2.75, 3.05) is 32.7 Å². The minimum atomic E-state index is -0.559. The molecule has 1 aromatic carbocycles. The summed E-state index contributed by atoms with van der Waals surface area (Å²) in [7, 11) is 0. The number of hydrogen-bond acceptors (Lipinski definition) is 7. The van der Waals surface area contributed by atoms with Crippen LogP contribution in [0.3, 0.4) is 0 Å². The summed E-state index contributed by atoms with van der Waals surface area (Å²) in [6, 6.07) is 7.70. The zero-order valence-electron chi connectivity index (χ0n) is 29.6. The number of nitrogens with zero attached hydrogens (tertiary/aromatic N) is 3. The largest absolute Gasteiger partial charge is 0.451 e. The van der Waals surface area contributed by atoms with E-state index in [0.717, 1.165) is 38.8 Å². The number of aliphatic hydroxyl groups is 2. The van der Waals surface area contributed by atoms with Gasteiger partial charge in [0.25, 0.3) is 5.91 Å². The average Bonchev–Trinajstić information content (AvgIpc) is 3.73. The Morgan fingerprint density at radius 2 is 1.69 bits per heavy atom. The summed E-state index contributed by atoms with van der Waals surface area (Å²) in [4.78, 5) is 46.1. The number of aliphatic hydroxyl groups excluding tert-OH is 2. The summed E-state index contributed by atoms with van der Waals surface area (Å²) in [6.07, 6.45) is 9.94. The molecule has 6 fully saturated rings. The summed E-state index contributed by atoms with van der Waals surface area (Å²) < 4.78 is 5.84. The lowest BCUT2D eigenvalue weighted by molar-refractivity contribution is -0.156. The van der Waals surface area contributed by atoms with E-state index in [1.165, 1.54) is 38.2 Å². The van der Waals surface area contributed by atoms with Crippen LogP contribution in [0.1, 0.15) is 95.5 Å². The smallest absolute Gasteiger partial charge is 0.290 e. The Bertz CT molecular complexity index is 1650. The normalized spacial score (nSPS) is 40.1. The van der Waals surface area contributed by atoms with Gasteiger partial charge in [0.05, 0.1) is 17.6 Å². The van der Waals surface area contributed by atoms with E-state index >= 15 is 0 Å². The molecule has 0 unspecified atom stereocenters. The fourth-order valence-corrected chi connectivity index (χ4v) is 12.6. The van der Waals surface area contributed by atoms with Crippen LogP contribution in [-0.4, -0.2) is 93.7 Å². The molecular formula is C40H55N3O6. The number of amides is 2. The molecule has 266 valence electrons. The molecular weight excluding hydrogens is 618 g/mol. The second-order valence-corrected chi connectivity index (χ2v) is 17.2. The predicted molar refractivity (Wildman–Crippen MR) is 187 cm³/mol. The fourth-order valence-electron chi connectivity index (χ4n) is 12.6. The Kier molecular flexibility index (Phi) is 8.51. The molecule has 2 aliphatic heterocycles. The third-order valence-electron chi connectivity index (χ3n) is 15.1. The molecule has 2 N–H and O–H groups in total. The van der Waals surface area contributed by atoms with Gasteiger partial charge in [0.2, 0.25) is 5.91 Å². The van der Waals surface area contributed by atoms with Crippen molar-refractivity contribution >= 4 is 22.8 Å². The Morgan fingerprint density at radius 3 is 2.47 bits per heavy atom. The third kappa shape index (κ3) is 5.40. The van der Waals surface area contributed by atoms with E-state index in [1.54, 1.807) is 29.2 Å². The lowest BCUT2D eigenvalue weighted by atomic mass is 9.44. The molecule has 11 atom stereocenters. The van der Waals surface area contributed by atoms with Gasteiger partial charge in [0.15, 0.2) is 11.2 Å². The number of rotatable bonds is 4. The lowest BCUT2D eigenvalue weighted by Crippen LogP contribution is -2.62. The Morgan fingerprint density at radius 1 is 0.939 bits per heavy atom. The van der Waals surface area contributed by atoms with Gasteiger partial charge < -0.3 is 24.4 Å². The van der Waals surface area contributed by atoms with Crippen LogP contribution in [0.2, 0.25) is 0 Å². The van der Waals surface area contributed by atoms with Crippen molar-refractivity contribution in [2.45, 2.75) is 109 Å². The number of hydrogen-bond donors (Lipinski definition) is 2. The topological polar surface area (TPSA) is 115 Å². The summed E-state index contributed by atoms with van der Waals surface area (Å²) in [6.45, 7) is 10.1. The maximum absolute atomic E-state index is 13.9. The van der Waals surface area contributed by atoms with Crippen LogP contribution < -0.4 is 5.43 Å². The van der Waals surface area contributed by atoms with E-state index in [1.807, 2.05) is 11.8 Å². The van der Waals surface area contributed by atoms with E-state index < -0.39 is 11.9 Å². The van der Waals surface area contributed by atoms with Crippen LogP contribution in [0.4, 0.5) is 0 Å². The van der Waals surface area contributed by atoms with E-state index in [-0.39, 0.29) is 46.2 Å². The fraction of sp³-hybridized carbons (Fsp3) is 0.725. The summed E-state index contributed by atoms with van der Waals surface area (Å²) in [5, 5.41) is 22.7. The molecule has 1 aromatic heterocycles. The number of fused-ring (bicyclic) bond motifs is 6. The van der Waals surface area contributed by atoms with Crippen LogP contribution in [0.15, 0.2) is 39.5 Å². The van der Waals surface area contributed by atoms with E-state index in [0.29, 0.717) is 66.6 Å². The zero-order valence-corrected chi connectivity index (χ0v) is 29.6. The Labute approximate surface area is 290 Å². The molecule has 0 bridgehead atoms. The van der Waals surface area contributed by atoms with E-state index in [9.17, 15) is 24.6 Å². The van der Waals surface area contributed by atoms with Gasteiger partial charge >= 0.3 is 0 Å². The molecule has 4 saturated carbocycles. The van der Waals surface area contributed by atoms with Crippen molar-refractivity contribution in [3.8, 4) is 0 Å². The second-order valence-electron chi connectivity index (χ2n) is 17.2. The van der Waals surface area contributed by atoms with E-state index in [2.05, 4.69) is 18.7 Å². The molecule has 4 aliphatic carbocycles. The van der Waals surface area contributed by atoms with Gasteiger partial charge in [-0.05, 0) is 124 Å². The minimum absolute atomic E-state index is 0.0189. The maximum Gasteiger partial charge on any atom is 0.290 e. The Hall–Kier alpha value is -2.75. The lowest BCUT2D eigenvalue weighted by Gasteiger charge is -2.63. The highest BCUT2D eigenvalue weighted by atomic mass is 16.3. The molecule has 3 heterocycles. The number of carbonyl (C=O) groups excluding carboxylic acids is 2. The van der Waals surface area contributed by atoms with Crippen molar-refractivity contribution < 1.29 is 24.2 Å². The van der Waals surface area contributed by atoms with Crippen molar-refractivity contribution in [1.82, 2.24) is 14.7 Å². The summed E-state index contributed by atoms with van der Waals surface area (Å²) in [5.41, 5.74) is 0.558. The highest BCUT2D eigenvalue weighted by molar-refractivity contribution is 5.97. The van der Waals surface area contributed by atoms with Crippen LogP contribution in [0, 0.1) is 40.4 Å². The standard InChI is InChI=1S/C40H55N3O6/c1-24(44)28-12-13-29-26-11-10-25-21-34(46)32(23-40(25,3)30(26)14-15-39(28,29)2)41-17-19-42(20-18-41)37(47)31-8-6-16-43(31)38(48)36-22-33(45)27-7-4-5-9-35(27)49-36/h4-5,7,9,22,24-26,28-32,34,44,46H,6,8,10-21,23H2,1-3H3/t24-,25+,26+,28-,29+,30+,31-,32+,34+,39-,40+/m1/s1. The summed E-state index contributed by atoms with van der Waals surface area (Å²) in [5.74, 6) is 2.60. The van der Waals surface area contributed by atoms with Crippen LogP contribution in [0.5, 0.6) is 0 Å².